The maximum absolute atomic E-state index is 13.1. The molecule has 0 bridgehead atoms. The second kappa shape index (κ2) is 9.76. The summed E-state index contributed by atoms with van der Waals surface area (Å²) in [7, 11) is -3.88. The minimum absolute atomic E-state index is 0.0146. The number of hydrogen-bond donors (Lipinski definition) is 1. The van der Waals surface area contributed by atoms with Crippen molar-refractivity contribution in [3.63, 3.8) is 0 Å². The van der Waals surface area contributed by atoms with E-state index < -0.39 is 34.2 Å². The van der Waals surface area contributed by atoms with Crippen LogP contribution >= 0.6 is 0 Å². The zero-order chi connectivity index (χ0) is 25.1. The molecule has 6 nitrogen and oxygen atoms in total. The molecule has 0 saturated heterocycles. The highest BCUT2D eigenvalue weighted by Gasteiger charge is 2.30. The number of carbonyl (C=O) groups is 1. The van der Waals surface area contributed by atoms with Gasteiger partial charge < -0.3 is 14.6 Å². The van der Waals surface area contributed by atoms with E-state index in [1.165, 1.54) is 48.5 Å². The van der Waals surface area contributed by atoms with Gasteiger partial charge in [0.15, 0.2) is 6.61 Å². The highest BCUT2D eigenvalue weighted by molar-refractivity contribution is 7.91. The predicted octanol–water partition coefficient (Wildman–Crippen LogP) is 5.20. The number of aliphatic carboxylic acids is 1. The molecule has 1 N–H and O–H groups in total. The highest BCUT2D eigenvalue weighted by Crippen LogP contribution is 2.31. The summed E-state index contributed by atoms with van der Waals surface area (Å²) < 4.78 is 75.0. The van der Waals surface area contributed by atoms with Gasteiger partial charge in [-0.25, -0.2) is 13.2 Å². The van der Waals surface area contributed by atoms with Crippen molar-refractivity contribution in [1.82, 2.24) is 0 Å². The number of rotatable bonds is 8. The molecule has 3 aromatic carbocycles. The number of benzene rings is 3. The van der Waals surface area contributed by atoms with Gasteiger partial charge in [-0.1, -0.05) is 12.1 Å². The summed E-state index contributed by atoms with van der Waals surface area (Å²) in [6.45, 7) is 2.69. The van der Waals surface area contributed by atoms with E-state index in [9.17, 15) is 26.4 Å². The molecule has 0 aromatic heterocycles. The van der Waals surface area contributed by atoms with E-state index in [4.69, 9.17) is 14.6 Å². The maximum Gasteiger partial charge on any atom is 0.416 e. The Morgan fingerprint density at radius 2 is 1.59 bits per heavy atom. The van der Waals surface area contributed by atoms with E-state index in [-0.39, 0.29) is 22.1 Å². The fourth-order valence-corrected chi connectivity index (χ4v) is 4.75. The molecule has 0 saturated carbocycles. The zero-order valence-corrected chi connectivity index (χ0v) is 19.0. The van der Waals surface area contributed by atoms with E-state index >= 15 is 0 Å². The van der Waals surface area contributed by atoms with Gasteiger partial charge in [-0.2, -0.15) is 13.2 Å². The van der Waals surface area contributed by atoms with Crippen molar-refractivity contribution in [1.29, 1.82) is 0 Å². The SMILES string of the molecule is Cc1cc(S(=O)(=O)c2ccc(OCc3ccc(C(F)(F)F)cc3)cc2C)ccc1OCC(=O)O. The Morgan fingerprint density at radius 3 is 2.15 bits per heavy atom. The van der Waals surface area contributed by atoms with Gasteiger partial charge in [-0.3, -0.25) is 0 Å². The molecule has 0 heterocycles. The lowest BCUT2D eigenvalue weighted by molar-refractivity contribution is -0.139. The number of halogens is 3. The average Bonchev–Trinajstić information content (AvgIpc) is 2.76. The lowest BCUT2D eigenvalue weighted by Crippen LogP contribution is -2.10. The second-order valence-corrected chi connectivity index (χ2v) is 9.44. The first-order valence-corrected chi connectivity index (χ1v) is 11.5. The van der Waals surface area contributed by atoms with Gasteiger partial charge in [-0.05, 0) is 79.1 Å². The van der Waals surface area contributed by atoms with Crippen LogP contribution < -0.4 is 9.47 Å². The first-order valence-electron chi connectivity index (χ1n) is 9.98. The maximum atomic E-state index is 13.1. The van der Waals surface area contributed by atoms with Gasteiger partial charge in [0.05, 0.1) is 15.4 Å². The molecule has 0 radical (unpaired) electrons. The van der Waals surface area contributed by atoms with Crippen LogP contribution in [0, 0.1) is 13.8 Å². The van der Waals surface area contributed by atoms with E-state index in [1.54, 1.807) is 13.8 Å². The number of sulfone groups is 1. The van der Waals surface area contributed by atoms with Crippen molar-refractivity contribution in [2.75, 3.05) is 6.61 Å². The third-order valence-electron chi connectivity index (χ3n) is 4.93. The molecular formula is C24H21F3O6S. The molecule has 34 heavy (non-hydrogen) atoms. The summed E-state index contributed by atoms with van der Waals surface area (Å²) in [5.74, 6) is -0.512. The Bertz CT molecular complexity index is 1300. The Morgan fingerprint density at radius 1 is 0.912 bits per heavy atom. The number of hydrogen-bond acceptors (Lipinski definition) is 5. The predicted molar refractivity (Wildman–Crippen MR) is 117 cm³/mol. The largest absolute Gasteiger partial charge is 0.489 e. The van der Waals surface area contributed by atoms with E-state index in [0.29, 0.717) is 22.4 Å². The molecule has 0 unspecified atom stereocenters. The Hall–Kier alpha value is -3.53. The minimum Gasteiger partial charge on any atom is -0.489 e. The third-order valence-corrected chi connectivity index (χ3v) is 6.84. The van der Waals surface area contributed by atoms with Crippen LogP contribution in [0.5, 0.6) is 11.5 Å². The van der Waals surface area contributed by atoms with Crippen molar-refractivity contribution in [3.8, 4) is 11.5 Å². The zero-order valence-electron chi connectivity index (χ0n) is 18.2. The fourth-order valence-electron chi connectivity index (χ4n) is 3.19. The number of aryl methyl sites for hydroxylation is 2. The summed E-state index contributed by atoms with van der Waals surface area (Å²) in [5, 5.41) is 8.72. The number of alkyl halides is 3. The molecule has 3 rings (SSSR count). The molecule has 0 aliphatic heterocycles. The van der Waals surface area contributed by atoms with E-state index in [1.807, 2.05) is 0 Å². The summed E-state index contributed by atoms with van der Waals surface area (Å²) in [6, 6.07) is 13.1. The molecule has 0 fully saturated rings. The van der Waals surface area contributed by atoms with Crippen molar-refractivity contribution in [3.05, 3.63) is 82.9 Å². The number of carboxylic acids is 1. The molecule has 180 valence electrons. The molecule has 0 aliphatic rings. The molecule has 0 spiro atoms. The van der Waals surface area contributed by atoms with Gasteiger partial charge in [0.25, 0.3) is 0 Å². The number of carboxylic acid groups (broad SMARTS) is 1. The van der Waals surface area contributed by atoms with Crippen LogP contribution in [0.4, 0.5) is 13.2 Å². The molecule has 0 amide bonds. The van der Waals surface area contributed by atoms with Gasteiger partial charge in [0.1, 0.15) is 18.1 Å². The van der Waals surface area contributed by atoms with Crippen molar-refractivity contribution < 1.29 is 41.0 Å². The molecule has 0 aliphatic carbocycles. The van der Waals surface area contributed by atoms with Gasteiger partial charge >= 0.3 is 12.1 Å². The molecule has 10 heteroatoms. The molecule has 0 atom stereocenters. The van der Waals surface area contributed by atoms with Gasteiger partial charge in [0.2, 0.25) is 9.84 Å². The first kappa shape index (κ1) is 25.1. The average molecular weight is 494 g/mol. The Labute approximate surface area is 194 Å². The van der Waals surface area contributed by atoms with E-state index in [2.05, 4.69) is 0 Å². The van der Waals surface area contributed by atoms with Crippen LogP contribution in [-0.4, -0.2) is 26.1 Å². The summed E-state index contributed by atoms with van der Waals surface area (Å²) in [6.07, 6.45) is -4.41. The normalized spacial score (nSPS) is 11.8. The number of ether oxygens (including phenoxy) is 2. The van der Waals surface area contributed by atoms with Gasteiger partial charge in [0, 0.05) is 0 Å². The summed E-state index contributed by atoms with van der Waals surface area (Å²) in [4.78, 5) is 10.7. The van der Waals surface area contributed by atoms with Crippen molar-refractivity contribution in [2.24, 2.45) is 0 Å². The van der Waals surface area contributed by atoms with Crippen LogP contribution in [0.2, 0.25) is 0 Å². The van der Waals surface area contributed by atoms with Gasteiger partial charge in [-0.15, -0.1) is 0 Å². The van der Waals surface area contributed by atoms with Crippen LogP contribution in [0.15, 0.2) is 70.5 Å². The third kappa shape index (κ3) is 5.88. The van der Waals surface area contributed by atoms with Crippen LogP contribution in [-0.2, 0) is 27.4 Å². The molecular weight excluding hydrogens is 473 g/mol. The fraction of sp³-hybridized carbons (Fsp3) is 0.208. The minimum atomic E-state index is -4.41. The second-order valence-electron chi connectivity index (χ2n) is 7.52. The van der Waals surface area contributed by atoms with Crippen molar-refractivity contribution in [2.45, 2.75) is 36.4 Å². The van der Waals surface area contributed by atoms with Crippen LogP contribution in [0.1, 0.15) is 22.3 Å². The van der Waals surface area contributed by atoms with E-state index in [0.717, 1.165) is 12.1 Å². The standard InChI is InChI=1S/C24H21F3O6S/c1-15-12-20(8-9-21(15)33-14-23(28)29)34(30,31)22-10-7-19(11-16(22)2)32-13-17-3-5-18(6-4-17)24(25,26)27/h3-12H,13-14H2,1-2H3,(H,28,29). The lowest BCUT2D eigenvalue weighted by atomic mass is 10.1. The lowest BCUT2D eigenvalue weighted by Gasteiger charge is -2.13. The molecule has 3 aromatic rings. The quantitative estimate of drug-likeness (QED) is 0.463. The Kier molecular flexibility index (Phi) is 7.21. The summed E-state index contributed by atoms with van der Waals surface area (Å²) >= 11 is 0. The monoisotopic (exact) mass is 494 g/mol. The topological polar surface area (TPSA) is 89.9 Å². The van der Waals surface area contributed by atoms with Crippen molar-refractivity contribution >= 4 is 15.8 Å². The Balaban J connectivity index is 1.75. The summed E-state index contributed by atoms with van der Waals surface area (Å²) in [5.41, 5.74) is 0.673. The van der Waals surface area contributed by atoms with Crippen LogP contribution in [0.3, 0.4) is 0 Å². The first-order chi connectivity index (χ1) is 15.9. The van der Waals surface area contributed by atoms with Crippen LogP contribution in [0.25, 0.3) is 0 Å². The highest BCUT2D eigenvalue weighted by atomic mass is 32.2. The smallest absolute Gasteiger partial charge is 0.416 e.